The molecule has 2 heterocycles. The van der Waals surface area contributed by atoms with Gasteiger partial charge in [-0.3, -0.25) is 4.79 Å². The Bertz CT molecular complexity index is 908. The van der Waals surface area contributed by atoms with Crippen LogP contribution in [0.25, 0.3) is 0 Å². The van der Waals surface area contributed by atoms with Crippen LogP contribution in [0.15, 0.2) is 11.8 Å². The maximum Gasteiger partial charge on any atom is 0.220 e. The first kappa shape index (κ1) is 33.5. The Morgan fingerprint density at radius 2 is 1.95 bits per heavy atom. The van der Waals surface area contributed by atoms with E-state index in [2.05, 4.69) is 16.0 Å². The molecule has 14 heteroatoms. The minimum atomic E-state index is -1.25. The second kappa shape index (κ2) is 15.0. The van der Waals surface area contributed by atoms with Gasteiger partial charge in [-0.1, -0.05) is 6.92 Å². The molecule has 12 N–H and O–H groups in total. The van der Waals surface area contributed by atoms with Crippen LogP contribution in [0.5, 0.6) is 0 Å². The van der Waals surface area contributed by atoms with Gasteiger partial charge in [0.15, 0.2) is 12.6 Å². The third-order valence-corrected chi connectivity index (χ3v) is 8.78. The van der Waals surface area contributed by atoms with Crippen molar-refractivity contribution >= 4 is 5.91 Å². The van der Waals surface area contributed by atoms with Crippen molar-refractivity contribution in [2.45, 2.75) is 119 Å². The summed E-state index contributed by atoms with van der Waals surface area (Å²) in [6.45, 7) is 3.53. The first-order valence-electron chi connectivity index (χ1n) is 15.3. The second-order valence-corrected chi connectivity index (χ2v) is 12.4. The van der Waals surface area contributed by atoms with Gasteiger partial charge in [0, 0.05) is 37.5 Å². The van der Waals surface area contributed by atoms with Gasteiger partial charge < -0.3 is 67.4 Å². The molecule has 3 fully saturated rings. The number of nitrogens with one attached hydrogen (secondary N) is 3. The summed E-state index contributed by atoms with van der Waals surface area (Å²) in [7, 11) is 1.76. The number of rotatable bonds is 13. The number of nitrogens with two attached hydrogens (primary N) is 3. The fraction of sp³-hybridized carbons (Fsp3) is 0.893. The van der Waals surface area contributed by atoms with Gasteiger partial charge in [0.05, 0.1) is 24.8 Å². The van der Waals surface area contributed by atoms with Crippen LogP contribution in [0.2, 0.25) is 0 Å². The summed E-state index contributed by atoms with van der Waals surface area (Å²) in [6.07, 6.45) is -0.333. The smallest absolute Gasteiger partial charge is 0.220 e. The van der Waals surface area contributed by atoms with Gasteiger partial charge >= 0.3 is 0 Å². The number of carbonyl (C=O) groups excluding carboxylic acids is 1. The van der Waals surface area contributed by atoms with E-state index in [0.29, 0.717) is 64.1 Å². The average Bonchev–Trinajstić information content (AvgIpc) is 2.93. The molecule has 2 aliphatic carbocycles. The molecule has 14 nitrogen and oxygen atoms in total. The largest absolute Gasteiger partial charge is 0.468 e. The minimum absolute atomic E-state index is 0.0405. The Morgan fingerprint density at radius 1 is 1.19 bits per heavy atom. The molecule has 42 heavy (non-hydrogen) atoms. The molecule has 0 aromatic rings. The quantitative estimate of drug-likeness (QED) is 0.106. The third kappa shape index (κ3) is 8.39. The Kier molecular flexibility index (Phi) is 12.0. The standard InChI is InChI=1S/C28H52N6O8/c1-15-13-39-27(23(36)22(15)32-2)42-26-19(34-20(35)6-4-8-29)9-18(31)25(24(26)37)41-21-7-3-5-17(40-21)12-33-14-28(38)10-16(30)11-28/h5,15-16,18-19,21-27,32-33,36-38H,3-4,6-14,29-31H2,1-2H3,(H,34,35)/t15-,16?,18+,19-,21-,22+,23-,24+,25-,26+,27-,28?/m1/s1. The predicted molar refractivity (Wildman–Crippen MR) is 154 cm³/mol. The number of hydrogen-bond donors (Lipinski definition) is 9. The number of ether oxygens (including phenoxy) is 4. The van der Waals surface area contributed by atoms with Gasteiger partial charge in [-0.05, 0) is 57.7 Å². The highest BCUT2D eigenvalue weighted by Gasteiger charge is 2.49. The molecule has 10 atom stereocenters. The number of aliphatic hydroxyl groups excluding tert-OH is 2. The van der Waals surface area contributed by atoms with E-state index in [1.54, 1.807) is 7.05 Å². The topological polar surface area (TPSA) is 229 Å². The minimum Gasteiger partial charge on any atom is -0.468 e. The van der Waals surface area contributed by atoms with Crippen molar-refractivity contribution in [1.82, 2.24) is 16.0 Å². The van der Waals surface area contributed by atoms with Crippen molar-refractivity contribution in [3.8, 4) is 0 Å². The van der Waals surface area contributed by atoms with Gasteiger partial charge in [-0.2, -0.15) is 0 Å². The van der Waals surface area contributed by atoms with Crippen molar-refractivity contribution < 1.29 is 39.1 Å². The van der Waals surface area contributed by atoms with Crippen LogP contribution in [0.1, 0.15) is 51.9 Å². The number of likely N-dealkylation sites (N-methyl/N-ethyl adjacent to an activating group) is 1. The summed E-state index contributed by atoms with van der Waals surface area (Å²) in [5.74, 6) is 0.504. The summed E-state index contributed by atoms with van der Waals surface area (Å²) in [4.78, 5) is 12.6. The lowest BCUT2D eigenvalue weighted by molar-refractivity contribution is -0.286. The zero-order valence-electron chi connectivity index (χ0n) is 24.8. The van der Waals surface area contributed by atoms with Crippen LogP contribution >= 0.6 is 0 Å². The summed E-state index contributed by atoms with van der Waals surface area (Å²) in [6, 6.07) is -1.50. The van der Waals surface area contributed by atoms with Crippen molar-refractivity contribution in [3.05, 3.63) is 11.8 Å². The molecule has 0 bridgehead atoms. The maximum atomic E-state index is 12.6. The number of hydrogen-bond acceptors (Lipinski definition) is 13. The molecular weight excluding hydrogens is 548 g/mol. The van der Waals surface area contributed by atoms with E-state index in [-0.39, 0.29) is 36.8 Å². The lowest BCUT2D eigenvalue weighted by Gasteiger charge is -2.47. The Balaban J connectivity index is 1.39. The third-order valence-electron chi connectivity index (χ3n) is 8.78. The predicted octanol–water partition coefficient (Wildman–Crippen LogP) is -2.52. The van der Waals surface area contributed by atoms with Crippen LogP contribution < -0.4 is 33.2 Å². The fourth-order valence-electron chi connectivity index (χ4n) is 6.48. The maximum absolute atomic E-state index is 12.6. The van der Waals surface area contributed by atoms with E-state index in [1.807, 2.05) is 13.0 Å². The summed E-state index contributed by atoms with van der Waals surface area (Å²) in [5.41, 5.74) is 17.1. The molecule has 0 aromatic heterocycles. The van der Waals surface area contributed by atoms with Gasteiger partial charge in [0.1, 0.15) is 30.2 Å². The first-order chi connectivity index (χ1) is 20.0. The normalized spacial score (nSPS) is 42.3. The molecular formula is C28H52N6O8. The Hall–Kier alpha value is -1.43. The van der Waals surface area contributed by atoms with Gasteiger partial charge in [0.25, 0.3) is 0 Å². The Labute approximate surface area is 248 Å². The molecule has 2 saturated carbocycles. The van der Waals surface area contributed by atoms with Gasteiger partial charge in [-0.25, -0.2) is 0 Å². The molecule has 0 aromatic carbocycles. The number of aliphatic hydroxyl groups is 3. The first-order valence-corrected chi connectivity index (χ1v) is 15.3. The molecule has 0 unspecified atom stereocenters. The Morgan fingerprint density at radius 3 is 2.64 bits per heavy atom. The van der Waals surface area contributed by atoms with E-state index in [9.17, 15) is 20.1 Å². The molecule has 1 amide bonds. The van der Waals surface area contributed by atoms with Crippen molar-refractivity contribution in [1.29, 1.82) is 0 Å². The van der Waals surface area contributed by atoms with E-state index in [1.165, 1.54) is 0 Å². The van der Waals surface area contributed by atoms with Crippen LogP contribution in [-0.4, -0.2) is 121 Å². The van der Waals surface area contributed by atoms with Crippen molar-refractivity contribution in [2.24, 2.45) is 23.1 Å². The monoisotopic (exact) mass is 600 g/mol. The molecule has 0 radical (unpaired) electrons. The SMILES string of the molecule is CN[C@@H]1[C@@H](O)[C@@H](O[C@@H]2[C@@H](O)[C@H](O[C@@H]3CCC=C(CNCC4(O)CC(N)C4)O3)[C@@H](N)C[C@H]2NC(=O)CCCN)OC[C@H]1C. The zero-order valence-corrected chi connectivity index (χ0v) is 24.8. The number of carbonyl (C=O) groups is 1. The molecule has 4 rings (SSSR count). The molecule has 4 aliphatic rings. The fourth-order valence-corrected chi connectivity index (χ4v) is 6.48. The molecule has 0 spiro atoms. The van der Waals surface area contributed by atoms with Crippen LogP contribution in [0, 0.1) is 5.92 Å². The number of allylic oxidation sites excluding steroid dienone is 1. The molecule has 1 saturated heterocycles. The highest BCUT2D eigenvalue weighted by atomic mass is 16.7. The second-order valence-electron chi connectivity index (χ2n) is 12.4. The van der Waals surface area contributed by atoms with Gasteiger partial charge in [0.2, 0.25) is 5.91 Å². The lowest BCUT2D eigenvalue weighted by Crippen LogP contribution is -2.67. The molecule has 242 valence electrons. The van der Waals surface area contributed by atoms with Crippen LogP contribution in [-0.2, 0) is 23.7 Å². The zero-order chi connectivity index (χ0) is 30.4. The highest BCUT2D eigenvalue weighted by Crippen LogP contribution is 2.32. The van der Waals surface area contributed by atoms with E-state index in [0.717, 1.165) is 0 Å². The summed E-state index contributed by atoms with van der Waals surface area (Å²) < 4.78 is 24.3. The molecule has 2 aliphatic heterocycles. The highest BCUT2D eigenvalue weighted by molar-refractivity contribution is 5.76. The summed E-state index contributed by atoms with van der Waals surface area (Å²) >= 11 is 0. The van der Waals surface area contributed by atoms with E-state index < -0.39 is 54.7 Å². The number of amides is 1. The average molecular weight is 601 g/mol. The van der Waals surface area contributed by atoms with E-state index in [4.69, 9.17) is 36.1 Å². The van der Waals surface area contributed by atoms with E-state index >= 15 is 0 Å². The van der Waals surface area contributed by atoms with Crippen LogP contribution in [0.3, 0.4) is 0 Å². The summed E-state index contributed by atoms with van der Waals surface area (Å²) in [5, 5.41) is 42.2. The van der Waals surface area contributed by atoms with Crippen LogP contribution in [0.4, 0.5) is 0 Å². The van der Waals surface area contributed by atoms with Gasteiger partial charge in [-0.15, -0.1) is 0 Å². The van der Waals surface area contributed by atoms with Crippen molar-refractivity contribution in [2.75, 3.05) is 33.3 Å². The van der Waals surface area contributed by atoms with Crippen molar-refractivity contribution in [3.63, 3.8) is 0 Å². The lowest BCUT2D eigenvalue weighted by atomic mass is 9.76.